The van der Waals surface area contributed by atoms with Gasteiger partial charge in [-0.15, -0.1) is 0 Å². The Morgan fingerprint density at radius 3 is 2.47 bits per heavy atom. The van der Waals surface area contributed by atoms with E-state index in [-0.39, 0.29) is 12.3 Å². The van der Waals surface area contributed by atoms with E-state index in [1.165, 1.54) is 0 Å². The summed E-state index contributed by atoms with van der Waals surface area (Å²) in [4.78, 5) is 15.4. The minimum absolute atomic E-state index is 0.146. The number of amides is 1. The molecule has 0 aromatic heterocycles. The molecule has 0 radical (unpaired) electrons. The number of benzene rings is 3. The lowest BCUT2D eigenvalue weighted by Crippen LogP contribution is -2.47. The number of hydrogen-bond acceptors (Lipinski definition) is 6. The maximum atomic E-state index is 13.1. The van der Waals surface area contributed by atoms with Gasteiger partial charge < -0.3 is 29.5 Å². The standard InChI is InChI=1S/C29H32N2O5/c32-28(18-21-7-6-10-24(17-21)36-23-8-2-1-3-9-23)30-25(20-31-13-4-5-14-31)29(33)22-11-12-26-27(19-22)35-16-15-34-26/h1-3,6-12,17,19,25,29,33H,4-5,13-16,18,20H2,(H,30,32)/t25-,29+/m1/s1. The lowest BCUT2D eigenvalue weighted by atomic mass is 10.0. The van der Waals surface area contributed by atoms with Gasteiger partial charge in [0.1, 0.15) is 30.8 Å². The summed E-state index contributed by atoms with van der Waals surface area (Å²) in [5, 5.41) is 14.4. The van der Waals surface area contributed by atoms with Crippen molar-refractivity contribution in [3.05, 3.63) is 83.9 Å². The van der Waals surface area contributed by atoms with Crippen LogP contribution >= 0.6 is 0 Å². The van der Waals surface area contributed by atoms with Crippen molar-refractivity contribution >= 4 is 5.91 Å². The zero-order valence-electron chi connectivity index (χ0n) is 20.3. The van der Waals surface area contributed by atoms with Crippen LogP contribution in [-0.4, -0.2) is 54.8 Å². The van der Waals surface area contributed by atoms with E-state index in [9.17, 15) is 9.90 Å². The minimum Gasteiger partial charge on any atom is -0.486 e. The van der Waals surface area contributed by atoms with Crippen molar-refractivity contribution in [2.45, 2.75) is 31.4 Å². The van der Waals surface area contributed by atoms with E-state index in [1.807, 2.05) is 72.8 Å². The molecule has 1 amide bonds. The highest BCUT2D eigenvalue weighted by Gasteiger charge is 2.28. The summed E-state index contributed by atoms with van der Waals surface area (Å²) in [5.41, 5.74) is 1.54. The molecule has 0 aliphatic carbocycles. The zero-order chi connectivity index (χ0) is 24.7. The Balaban J connectivity index is 1.27. The van der Waals surface area contributed by atoms with E-state index in [0.717, 1.165) is 37.2 Å². The molecule has 7 nitrogen and oxygen atoms in total. The fourth-order valence-electron chi connectivity index (χ4n) is 4.73. The van der Waals surface area contributed by atoms with E-state index in [0.29, 0.717) is 42.6 Å². The number of carbonyl (C=O) groups is 1. The lowest BCUT2D eigenvalue weighted by Gasteiger charge is -2.29. The van der Waals surface area contributed by atoms with Gasteiger partial charge in [0.2, 0.25) is 5.91 Å². The molecule has 0 saturated carbocycles. The predicted octanol–water partition coefficient (Wildman–Crippen LogP) is 4.11. The molecule has 0 spiro atoms. The van der Waals surface area contributed by atoms with Gasteiger partial charge in [0, 0.05) is 6.54 Å². The molecular formula is C29H32N2O5. The maximum Gasteiger partial charge on any atom is 0.224 e. The number of carbonyl (C=O) groups excluding carboxylic acids is 1. The Morgan fingerprint density at radius 2 is 1.67 bits per heavy atom. The highest BCUT2D eigenvalue weighted by molar-refractivity contribution is 5.79. The molecule has 2 atom stereocenters. The number of likely N-dealkylation sites (tertiary alicyclic amines) is 1. The van der Waals surface area contributed by atoms with Crippen LogP contribution in [0, 0.1) is 0 Å². The molecule has 36 heavy (non-hydrogen) atoms. The molecule has 7 heteroatoms. The molecule has 2 N–H and O–H groups in total. The number of nitrogens with one attached hydrogen (secondary N) is 1. The second-order valence-electron chi connectivity index (χ2n) is 9.27. The van der Waals surface area contributed by atoms with Gasteiger partial charge in [0.05, 0.1) is 12.5 Å². The zero-order valence-corrected chi connectivity index (χ0v) is 20.3. The normalized spacial score (nSPS) is 16.8. The van der Waals surface area contributed by atoms with Crippen molar-refractivity contribution in [3.63, 3.8) is 0 Å². The first-order valence-corrected chi connectivity index (χ1v) is 12.6. The minimum atomic E-state index is -0.877. The number of para-hydroxylation sites is 1. The van der Waals surface area contributed by atoms with Crippen LogP contribution in [0.25, 0.3) is 0 Å². The number of aliphatic hydroxyl groups is 1. The molecule has 1 fully saturated rings. The predicted molar refractivity (Wildman–Crippen MR) is 137 cm³/mol. The Labute approximate surface area is 211 Å². The number of aliphatic hydroxyl groups excluding tert-OH is 1. The Hall–Kier alpha value is -3.55. The van der Waals surface area contributed by atoms with Crippen LogP contribution in [0.1, 0.15) is 30.1 Å². The van der Waals surface area contributed by atoms with Crippen LogP contribution in [0.3, 0.4) is 0 Å². The third-order valence-electron chi connectivity index (χ3n) is 6.53. The van der Waals surface area contributed by atoms with E-state index < -0.39 is 12.1 Å². The van der Waals surface area contributed by atoms with Crippen LogP contribution in [0.5, 0.6) is 23.0 Å². The average Bonchev–Trinajstić information content (AvgIpc) is 3.41. The monoisotopic (exact) mass is 488 g/mol. The largest absolute Gasteiger partial charge is 0.486 e. The molecule has 2 aliphatic heterocycles. The summed E-state index contributed by atoms with van der Waals surface area (Å²) in [6.45, 7) is 3.52. The molecule has 188 valence electrons. The van der Waals surface area contributed by atoms with Gasteiger partial charge in [-0.25, -0.2) is 0 Å². The molecular weight excluding hydrogens is 456 g/mol. The highest BCUT2D eigenvalue weighted by Crippen LogP contribution is 2.33. The average molecular weight is 489 g/mol. The first kappa shape index (κ1) is 24.2. The number of fused-ring (bicyclic) bond motifs is 1. The van der Waals surface area contributed by atoms with Crippen LogP contribution < -0.4 is 19.5 Å². The third-order valence-corrected chi connectivity index (χ3v) is 6.53. The van der Waals surface area contributed by atoms with Gasteiger partial charge in [-0.05, 0) is 73.5 Å². The first-order chi connectivity index (χ1) is 17.6. The SMILES string of the molecule is O=C(Cc1cccc(Oc2ccccc2)c1)N[C@H](CN1CCCC1)[C@@H](O)c1ccc2c(c1)OCCO2. The van der Waals surface area contributed by atoms with Crippen LogP contribution in [-0.2, 0) is 11.2 Å². The number of rotatable bonds is 9. The fraction of sp³-hybridized carbons (Fsp3) is 0.345. The van der Waals surface area contributed by atoms with Gasteiger partial charge in [-0.3, -0.25) is 4.79 Å². The van der Waals surface area contributed by atoms with Crippen LogP contribution in [0.4, 0.5) is 0 Å². The quantitative estimate of drug-likeness (QED) is 0.472. The van der Waals surface area contributed by atoms with E-state index >= 15 is 0 Å². The summed E-state index contributed by atoms with van der Waals surface area (Å²) < 4.78 is 17.2. The smallest absolute Gasteiger partial charge is 0.224 e. The van der Waals surface area contributed by atoms with Gasteiger partial charge in [0.15, 0.2) is 11.5 Å². The van der Waals surface area contributed by atoms with Crippen molar-refractivity contribution in [2.75, 3.05) is 32.8 Å². The van der Waals surface area contributed by atoms with E-state index in [1.54, 1.807) is 0 Å². The fourth-order valence-corrected chi connectivity index (χ4v) is 4.73. The van der Waals surface area contributed by atoms with Crippen LogP contribution in [0.2, 0.25) is 0 Å². The summed E-state index contributed by atoms with van der Waals surface area (Å²) in [6.07, 6.45) is 1.58. The van der Waals surface area contributed by atoms with Crippen molar-refractivity contribution in [1.29, 1.82) is 0 Å². The maximum absolute atomic E-state index is 13.1. The molecule has 5 rings (SSSR count). The first-order valence-electron chi connectivity index (χ1n) is 12.6. The Bertz CT molecular complexity index is 1160. The molecule has 0 unspecified atom stereocenters. The Morgan fingerprint density at radius 1 is 0.917 bits per heavy atom. The number of nitrogens with zero attached hydrogens (tertiary/aromatic N) is 1. The Kier molecular flexibility index (Phi) is 7.69. The van der Waals surface area contributed by atoms with Gasteiger partial charge >= 0.3 is 0 Å². The highest BCUT2D eigenvalue weighted by atomic mass is 16.6. The van der Waals surface area contributed by atoms with Crippen LogP contribution in [0.15, 0.2) is 72.8 Å². The molecule has 3 aromatic rings. The van der Waals surface area contributed by atoms with Gasteiger partial charge in [-0.1, -0.05) is 36.4 Å². The van der Waals surface area contributed by atoms with Crippen molar-refractivity contribution in [1.82, 2.24) is 10.2 Å². The second kappa shape index (κ2) is 11.5. The molecule has 1 saturated heterocycles. The number of hydrogen-bond donors (Lipinski definition) is 2. The van der Waals surface area contributed by atoms with Crippen molar-refractivity contribution in [3.8, 4) is 23.0 Å². The van der Waals surface area contributed by atoms with E-state index in [2.05, 4.69) is 10.2 Å². The molecule has 2 aliphatic rings. The summed E-state index contributed by atoms with van der Waals surface area (Å²) in [7, 11) is 0. The molecule has 0 bridgehead atoms. The summed E-state index contributed by atoms with van der Waals surface area (Å²) in [5.74, 6) is 2.57. The topological polar surface area (TPSA) is 80.3 Å². The van der Waals surface area contributed by atoms with E-state index in [4.69, 9.17) is 14.2 Å². The third kappa shape index (κ3) is 6.17. The lowest BCUT2D eigenvalue weighted by molar-refractivity contribution is -0.122. The second-order valence-corrected chi connectivity index (χ2v) is 9.27. The number of ether oxygens (including phenoxy) is 3. The summed E-state index contributed by atoms with van der Waals surface area (Å²) >= 11 is 0. The summed E-state index contributed by atoms with van der Waals surface area (Å²) in [6, 6.07) is 22.1. The van der Waals surface area contributed by atoms with Crippen molar-refractivity contribution < 1.29 is 24.1 Å². The van der Waals surface area contributed by atoms with Gasteiger partial charge in [-0.2, -0.15) is 0 Å². The van der Waals surface area contributed by atoms with Gasteiger partial charge in [0.25, 0.3) is 0 Å². The molecule has 2 heterocycles. The molecule has 3 aromatic carbocycles. The van der Waals surface area contributed by atoms with Crippen molar-refractivity contribution in [2.24, 2.45) is 0 Å².